The van der Waals surface area contributed by atoms with Crippen molar-refractivity contribution >= 4 is 0 Å². The van der Waals surface area contributed by atoms with Crippen molar-refractivity contribution in [3.05, 3.63) is 35.9 Å². The van der Waals surface area contributed by atoms with E-state index >= 15 is 0 Å². The summed E-state index contributed by atoms with van der Waals surface area (Å²) >= 11 is 0. The molecular formula is C15H23N. The monoisotopic (exact) mass is 217 g/mol. The van der Waals surface area contributed by atoms with E-state index in [1.54, 1.807) is 0 Å². The van der Waals surface area contributed by atoms with E-state index < -0.39 is 0 Å². The smallest absolute Gasteiger partial charge is 0.0147 e. The zero-order valence-electron chi connectivity index (χ0n) is 10.7. The van der Waals surface area contributed by atoms with Crippen molar-refractivity contribution in [3.8, 4) is 0 Å². The summed E-state index contributed by atoms with van der Waals surface area (Å²) in [4.78, 5) is 0. The molecular weight excluding hydrogens is 194 g/mol. The second-order valence-corrected chi connectivity index (χ2v) is 6.04. The van der Waals surface area contributed by atoms with Crippen molar-refractivity contribution in [2.24, 2.45) is 11.3 Å². The Morgan fingerprint density at radius 3 is 2.50 bits per heavy atom. The molecule has 2 unspecified atom stereocenters. The summed E-state index contributed by atoms with van der Waals surface area (Å²) in [5.41, 5.74) is 1.85. The molecule has 16 heavy (non-hydrogen) atoms. The molecule has 2 rings (SSSR count). The molecule has 2 atom stereocenters. The lowest BCUT2D eigenvalue weighted by Gasteiger charge is -2.32. The number of nitrogens with one attached hydrogen (secondary N) is 1. The van der Waals surface area contributed by atoms with Gasteiger partial charge in [0.1, 0.15) is 0 Å². The minimum absolute atomic E-state index is 0.371. The van der Waals surface area contributed by atoms with Gasteiger partial charge in [0.15, 0.2) is 0 Å². The normalized spacial score (nSPS) is 25.9. The molecule has 0 amide bonds. The second-order valence-electron chi connectivity index (χ2n) is 6.04. The number of hydrogen-bond acceptors (Lipinski definition) is 1. The van der Waals surface area contributed by atoms with E-state index in [0.717, 1.165) is 5.92 Å². The van der Waals surface area contributed by atoms with Gasteiger partial charge >= 0.3 is 0 Å². The average molecular weight is 217 g/mol. The molecule has 1 aliphatic heterocycles. The molecule has 1 aliphatic rings. The predicted molar refractivity (Wildman–Crippen MR) is 69.5 cm³/mol. The van der Waals surface area contributed by atoms with Crippen LogP contribution in [0.4, 0.5) is 0 Å². The Labute approximate surface area is 99.3 Å². The third-order valence-electron chi connectivity index (χ3n) is 3.62. The molecule has 88 valence electrons. The lowest BCUT2D eigenvalue weighted by atomic mass is 9.78. The van der Waals surface area contributed by atoms with Crippen LogP contribution < -0.4 is 5.32 Å². The Bertz CT molecular complexity index is 323. The highest BCUT2D eigenvalue weighted by molar-refractivity contribution is 5.16. The van der Waals surface area contributed by atoms with Gasteiger partial charge in [0.25, 0.3) is 0 Å². The molecule has 0 aromatic heterocycles. The fourth-order valence-corrected chi connectivity index (χ4v) is 2.91. The average Bonchev–Trinajstić information content (AvgIpc) is 2.67. The van der Waals surface area contributed by atoms with E-state index in [2.05, 4.69) is 56.4 Å². The van der Waals surface area contributed by atoms with Gasteiger partial charge in [0, 0.05) is 6.04 Å². The van der Waals surface area contributed by atoms with E-state index in [4.69, 9.17) is 0 Å². The van der Waals surface area contributed by atoms with Gasteiger partial charge in [-0.1, -0.05) is 51.1 Å². The van der Waals surface area contributed by atoms with Gasteiger partial charge in [-0.05, 0) is 36.3 Å². The van der Waals surface area contributed by atoms with Gasteiger partial charge in [-0.15, -0.1) is 0 Å². The van der Waals surface area contributed by atoms with Gasteiger partial charge in [-0.25, -0.2) is 0 Å². The fraction of sp³-hybridized carbons (Fsp3) is 0.600. The van der Waals surface area contributed by atoms with E-state index in [9.17, 15) is 0 Å². The van der Waals surface area contributed by atoms with Gasteiger partial charge < -0.3 is 5.32 Å². The Kier molecular flexibility index (Phi) is 3.34. The van der Waals surface area contributed by atoms with Crippen molar-refractivity contribution in [1.82, 2.24) is 5.32 Å². The zero-order valence-corrected chi connectivity index (χ0v) is 10.7. The molecule has 1 N–H and O–H groups in total. The fourth-order valence-electron chi connectivity index (χ4n) is 2.91. The Morgan fingerprint density at radius 1 is 1.19 bits per heavy atom. The maximum Gasteiger partial charge on any atom is 0.0147 e. The lowest BCUT2D eigenvalue weighted by Crippen LogP contribution is -2.40. The number of hydrogen-bond donors (Lipinski definition) is 1. The maximum atomic E-state index is 3.67. The van der Waals surface area contributed by atoms with Crippen molar-refractivity contribution in [3.63, 3.8) is 0 Å². The van der Waals surface area contributed by atoms with Crippen LogP contribution in [0.5, 0.6) is 0 Å². The summed E-state index contributed by atoms with van der Waals surface area (Å²) in [7, 11) is 0. The standard InChI is InChI=1S/C15H23N/c1-15(2,3)14-13(9-10-16-14)11-12-7-5-4-6-8-12/h4-8,13-14,16H,9-11H2,1-3H3. The predicted octanol–water partition coefficient (Wildman–Crippen LogP) is 3.25. The maximum absolute atomic E-state index is 3.67. The summed E-state index contributed by atoms with van der Waals surface area (Å²) in [5.74, 6) is 0.794. The van der Waals surface area contributed by atoms with E-state index in [1.165, 1.54) is 24.9 Å². The molecule has 0 aliphatic carbocycles. The Balaban J connectivity index is 2.05. The van der Waals surface area contributed by atoms with Crippen LogP contribution in [-0.2, 0) is 6.42 Å². The first-order valence-corrected chi connectivity index (χ1v) is 6.34. The molecule has 1 fully saturated rings. The van der Waals surface area contributed by atoms with Gasteiger partial charge in [-0.2, -0.15) is 0 Å². The highest BCUT2D eigenvalue weighted by Gasteiger charge is 2.35. The summed E-state index contributed by atoms with van der Waals surface area (Å²) in [5, 5.41) is 3.67. The van der Waals surface area contributed by atoms with Crippen LogP contribution in [0.1, 0.15) is 32.8 Å². The first-order valence-electron chi connectivity index (χ1n) is 6.34. The first-order chi connectivity index (χ1) is 7.57. The van der Waals surface area contributed by atoms with Crippen LogP contribution in [0.3, 0.4) is 0 Å². The Hall–Kier alpha value is -0.820. The topological polar surface area (TPSA) is 12.0 Å². The minimum atomic E-state index is 0.371. The summed E-state index contributed by atoms with van der Waals surface area (Å²) in [6.45, 7) is 8.20. The molecule has 0 saturated carbocycles. The quantitative estimate of drug-likeness (QED) is 0.802. The highest BCUT2D eigenvalue weighted by Crippen LogP contribution is 2.32. The van der Waals surface area contributed by atoms with Gasteiger partial charge in [0.2, 0.25) is 0 Å². The molecule has 1 heteroatoms. The molecule has 1 nitrogen and oxygen atoms in total. The number of benzene rings is 1. The van der Waals surface area contributed by atoms with Crippen LogP contribution in [0.2, 0.25) is 0 Å². The van der Waals surface area contributed by atoms with E-state index in [-0.39, 0.29) is 0 Å². The summed E-state index contributed by atoms with van der Waals surface area (Å²) in [6, 6.07) is 11.5. The Morgan fingerprint density at radius 2 is 1.88 bits per heavy atom. The van der Waals surface area contributed by atoms with Gasteiger partial charge in [0.05, 0.1) is 0 Å². The van der Waals surface area contributed by atoms with E-state index in [1.807, 2.05) is 0 Å². The minimum Gasteiger partial charge on any atom is -0.313 e. The molecule has 1 saturated heterocycles. The van der Waals surface area contributed by atoms with Crippen molar-refractivity contribution < 1.29 is 0 Å². The molecule has 0 radical (unpaired) electrons. The van der Waals surface area contributed by atoms with Crippen LogP contribution in [0, 0.1) is 11.3 Å². The van der Waals surface area contributed by atoms with Crippen LogP contribution in [-0.4, -0.2) is 12.6 Å². The molecule has 0 bridgehead atoms. The van der Waals surface area contributed by atoms with Crippen LogP contribution >= 0.6 is 0 Å². The molecule has 1 heterocycles. The largest absolute Gasteiger partial charge is 0.313 e. The SMILES string of the molecule is CC(C)(C)C1NCCC1Cc1ccccc1. The van der Waals surface area contributed by atoms with Crippen molar-refractivity contribution in [2.75, 3.05) is 6.54 Å². The second kappa shape index (κ2) is 4.58. The molecule has 1 aromatic carbocycles. The van der Waals surface area contributed by atoms with Crippen LogP contribution in [0.15, 0.2) is 30.3 Å². The van der Waals surface area contributed by atoms with Crippen LogP contribution in [0.25, 0.3) is 0 Å². The zero-order chi connectivity index (χ0) is 11.6. The first kappa shape index (κ1) is 11.7. The summed E-state index contributed by atoms with van der Waals surface area (Å²) < 4.78 is 0. The van der Waals surface area contributed by atoms with Crippen molar-refractivity contribution in [1.29, 1.82) is 0 Å². The van der Waals surface area contributed by atoms with Gasteiger partial charge in [-0.3, -0.25) is 0 Å². The lowest BCUT2D eigenvalue weighted by molar-refractivity contribution is 0.238. The van der Waals surface area contributed by atoms with Crippen molar-refractivity contribution in [2.45, 2.75) is 39.7 Å². The highest BCUT2D eigenvalue weighted by atomic mass is 15.0. The van der Waals surface area contributed by atoms with E-state index in [0.29, 0.717) is 11.5 Å². The third kappa shape index (κ3) is 2.65. The molecule has 0 spiro atoms. The third-order valence-corrected chi connectivity index (χ3v) is 3.62. The summed E-state index contributed by atoms with van der Waals surface area (Å²) in [6.07, 6.45) is 2.53. The molecule has 1 aromatic rings. The number of rotatable bonds is 2.